The van der Waals surface area contributed by atoms with Crippen LogP contribution in [0, 0.1) is 6.92 Å². The van der Waals surface area contributed by atoms with E-state index < -0.39 is 0 Å². The van der Waals surface area contributed by atoms with E-state index in [4.69, 9.17) is 0 Å². The number of hydrogen-bond donors (Lipinski definition) is 0. The van der Waals surface area contributed by atoms with Crippen molar-refractivity contribution in [3.63, 3.8) is 0 Å². The SMILES string of the molecule is Cc1nc2ccc(Br)cn2c1N=Nc1ccc(N(C)C)cc1. The van der Waals surface area contributed by atoms with Crippen molar-refractivity contribution >= 4 is 38.8 Å². The van der Waals surface area contributed by atoms with Gasteiger partial charge >= 0.3 is 0 Å². The summed E-state index contributed by atoms with van der Waals surface area (Å²) in [6, 6.07) is 11.9. The predicted octanol–water partition coefficient (Wildman–Crippen LogP) is 4.89. The van der Waals surface area contributed by atoms with E-state index in [1.807, 2.05) is 72.9 Å². The minimum atomic E-state index is 0.744. The molecular formula is C16H16BrN5. The topological polar surface area (TPSA) is 45.3 Å². The van der Waals surface area contributed by atoms with Crippen LogP contribution in [0.4, 0.5) is 17.2 Å². The number of halogens is 1. The molecule has 0 aliphatic carbocycles. The van der Waals surface area contributed by atoms with Gasteiger partial charge in [-0.15, -0.1) is 10.2 Å². The fraction of sp³-hybridized carbons (Fsp3) is 0.188. The summed E-state index contributed by atoms with van der Waals surface area (Å²) in [6.45, 7) is 1.93. The van der Waals surface area contributed by atoms with E-state index in [0.29, 0.717) is 0 Å². The van der Waals surface area contributed by atoms with Crippen LogP contribution in [0.1, 0.15) is 5.69 Å². The first-order chi connectivity index (χ1) is 10.5. The van der Waals surface area contributed by atoms with Crippen molar-refractivity contribution in [2.24, 2.45) is 10.2 Å². The Kier molecular flexibility index (Phi) is 3.94. The lowest BCUT2D eigenvalue weighted by molar-refractivity contribution is 1.09. The number of nitrogens with zero attached hydrogens (tertiary/aromatic N) is 5. The van der Waals surface area contributed by atoms with Gasteiger partial charge in [0.05, 0.1) is 11.4 Å². The number of hydrogen-bond acceptors (Lipinski definition) is 4. The van der Waals surface area contributed by atoms with Gasteiger partial charge in [-0.3, -0.25) is 4.40 Å². The van der Waals surface area contributed by atoms with Gasteiger partial charge < -0.3 is 4.90 Å². The summed E-state index contributed by atoms with van der Waals surface area (Å²) in [5.41, 5.74) is 3.66. The largest absolute Gasteiger partial charge is 0.378 e. The molecule has 0 N–H and O–H groups in total. The quantitative estimate of drug-likeness (QED) is 0.626. The molecule has 0 bridgehead atoms. The van der Waals surface area contributed by atoms with Crippen LogP contribution in [0.15, 0.2) is 57.3 Å². The number of rotatable bonds is 3. The van der Waals surface area contributed by atoms with Gasteiger partial charge in [0.2, 0.25) is 0 Å². The number of fused-ring (bicyclic) bond motifs is 1. The highest BCUT2D eigenvalue weighted by Gasteiger charge is 2.08. The Balaban J connectivity index is 1.95. The molecule has 0 saturated heterocycles. The van der Waals surface area contributed by atoms with Gasteiger partial charge in [-0.1, -0.05) is 0 Å². The van der Waals surface area contributed by atoms with Crippen molar-refractivity contribution in [2.45, 2.75) is 6.92 Å². The maximum atomic E-state index is 4.49. The second-order valence-corrected chi connectivity index (χ2v) is 6.12. The summed E-state index contributed by atoms with van der Waals surface area (Å²) in [5, 5.41) is 8.69. The molecule has 3 rings (SSSR count). The second-order valence-electron chi connectivity index (χ2n) is 5.21. The van der Waals surface area contributed by atoms with Crippen LogP contribution in [0.3, 0.4) is 0 Å². The van der Waals surface area contributed by atoms with Crippen molar-refractivity contribution in [3.05, 3.63) is 52.8 Å². The lowest BCUT2D eigenvalue weighted by atomic mass is 10.3. The molecule has 0 spiro atoms. The van der Waals surface area contributed by atoms with Gasteiger partial charge in [0.1, 0.15) is 5.65 Å². The van der Waals surface area contributed by atoms with Crippen molar-refractivity contribution in [1.82, 2.24) is 9.38 Å². The van der Waals surface area contributed by atoms with Crippen molar-refractivity contribution in [2.75, 3.05) is 19.0 Å². The fourth-order valence-electron chi connectivity index (χ4n) is 2.17. The molecule has 0 aliphatic rings. The van der Waals surface area contributed by atoms with Crippen LogP contribution in [0.5, 0.6) is 0 Å². The van der Waals surface area contributed by atoms with Crippen LogP contribution in [-0.4, -0.2) is 23.5 Å². The molecule has 0 unspecified atom stereocenters. The first-order valence-electron chi connectivity index (χ1n) is 6.88. The Hall–Kier alpha value is -2.21. The molecule has 0 aliphatic heterocycles. The first-order valence-corrected chi connectivity index (χ1v) is 7.67. The van der Waals surface area contributed by atoms with E-state index in [9.17, 15) is 0 Å². The Morgan fingerprint density at radius 1 is 1.05 bits per heavy atom. The maximum absolute atomic E-state index is 4.49. The fourth-order valence-corrected chi connectivity index (χ4v) is 2.50. The molecule has 0 atom stereocenters. The monoisotopic (exact) mass is 357 g/mol. The van der Waals surface area contributed by atoms with Crippen LogP contribution >= 0.6 is 15.9 Å². The third-order valence-corrected chi connectivity index (χ3v) is 3.82. The average molecular weight is 358 g/mol. The molecule has 6 heteroatoms. The molecule has 112 valence electrons. The van der Waals surface area contributed by atoms with Gasteiger partial charge in [0.15, 0.2) is 5.82 Å². The molecule has 0 radical (unpaired) electrons. The molecule has 0 amide bonds. The summed E-state index contributed by atoms with van der Waals surface area (Å²) >= 11 is 3.47. The molecular weight excluding hydrogens is 342 g/mol. The number of aromatic nitrogens is 2. The molecule has 1 aromatic carbocycles. The number of imidazole rings is 1. The number of azo groups is 1. The van der Waals surface area contributed by atoms with E-state index in [-0.39, 0.29) is 0 Å². The Bertz CT molecular complexity index is 834. The molecule has 3 aromatic rings. The average Bonchev–Trinajstić information content (AvgIpc) is 2.80. The molecule has 5 nitrogen and oxygen atoms in total. The van der Waals surface area contributed by atoms with Gasteiger partial charge in [-0.2, -0.15) is 0 Å². The second kappa shape index (κ2) is 5.88. The summed E-state index contributed by atoms with van der Waals surface area (Å²) in [4.78, 5) is 6.53. The first kappa shape index (κ1) is 14.7. The third kappa shape index (κ3) is 2.87. The number of pyridine rings is 1. The summed E-state index contributed by atoms with van der Waals surface area (Å²) in [5.74, 6) is 0.744. The smallest absolute Gasteiger partial charge is 0.182 e. The highest BCUT2D eigenvalue weighted by Crippen LogP contribution is 2.26. The minimum Gasteiger partial charge on any atom is -0.378 e. The highest BCUT2D eigenvalue weighted by molar-refractivity contribution is 9.10. The lowest BCUT2D eigenvalue weighted by Gasteiger charge is -2.11. The molecule has 2 heterocycles. The van der Waals surface area contributed by atoms with Crippen LogP contribution < -0.4 is 4.90 Å². The van der Waals surface area contributed by atoms with Crippen LogP contribution in [0.2, 0.25) is 0 Å². The number of aryl methyl sites for hydroxylation is 1. The zero-order valence-electron chi connectivity index (χ0n) is 12.7. The molecule has 0 fully saturated rings. The molecule has 2 aromatic heterocycles. The van der Waals surface area contributed by atoms with Gasteiger partial charge in [-0.05, 0) is 59.3 Å². The predicted molar refractivity (Wildman–Crippen MR) is 92.6 cm³/mol. The Labute approximate surface area is 137 Å². The van der Waals surface area contributed by atoms with E-state index in [0.717, 1.165) is 33.0 Å². The molecule has 22 heavy (non-hydrogen) atoms. The third-order valence-electron chi connectivity index (χ3n) is 3.35. The zero-order chi connectivity index (χ0) is 15.7. The Morgan fingerprint density at radius 2 is 1.77 bits per heavy atom. The van der Waals surface area contributed by atoms with Crippen molar-refractivity contribution in [1.29, 1.82) is 0 Å². The summed E-state index contributed by atoms with van der Waals surface area (Å²) in [7, 11) is 4.02. The van der Waals surface area contributed by atoms with Crippen LogP contribution in [-0.2, 0) is 0 Å². The van der Waals surface area contributed by atoms with E-state index >= 15 is 0 Å². The zero-order valence-corrected chi connectivity index (χ0v) is 14.2. The standard InChI is InChI=1S/C16H16BrN5/c1-11-16(22-10-12(17)4-9-15(22)18-11)20-19-13-5-7-14(8-6-13)21(2)3/h4-10H,1-3H3. The summed E-state index contributed by atoms with van der Waals surface area (Å²) < 4.78 is 2.90. The van der Waals surface area contributed by atoms with Crippen LogP contribution in [0.25, 0.3) is 5.65 Å². The summed E-state index contributed by atoms with van der Waals surface area (Å²) in [6.07, 6.45) is 1.94. The van der Waals surface area contributed by atoms with E-state index in [2.05, 4.69) is 31.1 Å². The maximum Gasteiger partial charge on any atom is 0.182 e. The van der Waals surface area contributed by atoms with Crippen molar-refractivity contribution < 1.29 is 0 Å². The number of benzene rings is 1. The van der Waals surface area contributed by atoms with Crippen molar-refractivity contribution in [3.8, 4) is 0 Å². The molecule has 0 saturated carbocycles. The minimum absolute atomic E-state index is 0.744. The lowest BCUT2D eigenvalue weighted by Crippen LogP contribution is -2.07. The van der Waals surface area contributed by atoms with Gasteiger partial charge in [0.25, 0.3) is 0 Å². The number of anilines is 1. The normalized spacial score (nSPS) is 11.5. The van der Waals surface area contributed by atoms with E-state index in [1.54, 1.807) is 0 Å². The van der Waals surface area contributed by atoms with Gasteiger partial charge in [-0.25, -0.2) is 4.98 Å². The Morgan fingerprint density at radius 3 is 2.45 bits per heavy atom. The highest BCUT2D eigenvalue weighted by atomic mass is 79.9. The van der Waals surface area contributed by atoms with Gasteiger partial charge in [0, 0.05) is 30.5 Å². The van der Waals surface area contributed by atoms with E-state index in [1.165, 1.54) is 0 Å².